The average Bonchev–Trinajstić information content (AvgIpc) is 3.56. The van der Waals surface area contributed by atoms with Gasteiger partial charge in [-0.25, -0.2) is 8.78 Å². The Kier molecular flexibility index (Phi) is 5.96. The lowest BCUT2D eigenvalue weighted by molar-refractivity contribution is 0.441. The smallest absolute Gasteiger partial charge is 0.165 e. The molecule has 0 radical (unpaired) electrons. The minimum atomic E-state index is -0.445. The Labute approximate surface area is 174 Å². The summed E-state index contributed by atoms with van der Waals surface area (Å²) in [5.74, 6) is 0.190. The van der Waals surface area contributed by atoms with Gasteiger partial charge in [-0.3, -0.25) is 0 Å². The maximum atomic E-state index is 15.1. The number of allylic oxidation sites excluding steroid dienone is 2. The molecule has 0 aromatic heterocycles. The topological polar surface area (TPSA) is 9.23 Å². The fraction of sp³-hybridized carbons (Fsp3) is 0.200. The molecule has 0 heterocycles. The van der Waals surface area contributed by atoms with Crippen LogP contribution < -0.4 is 4.74 Å². The van der Waals surface area contributed by atoms with E-state index < -0.39 is 5.82 Å². The Bertz CT molecular complexity index is 995. The monoisotopic (exact) mass is 410 g/mol. The highest BCUT2D eigenvalue weighted by atomic mass is 35.5. The quantitative estimate of drug-likeness (QED) is 0.385. The van der Waals surface area contributed by atoms with Crippen LogP contribution in [0.1, 0.15) is 29.9 Å². The van der Waals surface area contributed by atoms with Gasteiger partial charge < -0.3 is 4.74 Å². The van der Waals surface area contributed by atoms with Crippen molar-refractivity contribution in [1.82, 2.24) is 0 Å². The van der Waals surface area contributed by atoms with Gasteiger partial charge >= 0.3 is 0 Å². The summed E-state index contributed by atoms with van der Waals surface area (Å²) in [5, 5.41) is 0.643. The fourth-order valence-corrected chi connectivity index (χ4v) is 3.59. The number of para-hydroxylation sites is 1. The summed E-state index contributed by atoms with van der Waals surface area (Å²) in [6.07, 6.45) is 4.02. The van der Waals surface area contributed by atoms with E-state index in [4.69, 9.17) is 16.3 Å². The number of rotatable bonds is 7. The third kappa shape index (κ3) is 5.04. The van der Waals surface area contributed by atoms with E-state index in [1.807, 2.05) is 30.3 Å². The number of hydrogen-bond acceptors (Lipinski definition) is 1. The zero-order valence-corrected chi connectivity index (χ0v) is 16.6. The first-order valence-corrected chi connectivity index (χ1v) is 10.1. The Morgan fingerprint density at radius 1 is 1.03 bits per heavy atom. The maximum absolute atomic E-state index is 15.1. The summed E-state index contributed by atoms with van der Waals surface area (Å²) in [7, 11) is 0. The number of ether oxygens (including phenoxy) is 1. The minimum absolute atomic E-state index is 0.138. The Morgan fingerprint density at radius 2 is 1.76 bits per heavy atom. The first-order chi connectivity index (χ1) is 14.1. The van der Waals surface area contributed by atoms with Gasteiger partial charge in [0, 0.05) is 10.9 Å². The molecule has 0 bridgehead atoms. The SMILES string of the molecule is F/C(=C\Cc1ccc(F)c(Oc2ccccc2)c1)[C@H](c1ccc(Cl)cc1)C1CC1. The Balaban J connectivity index is 1.51. The normalized spacial score (nSPS) is 15.2. The number of benzene rings is 3. The van der Waals surface area contributed by atoms with Crippen LogP contribution in [0.15, 0.2) is 84.7 Å². The van der Waals surface area contributed by atoms with E-state index in [0.717, 1.165) is 24.0 Å². The highest BCUT2D eigenvalue weighted by molar-refractivity contribution is 6.30. The molecule has 1 aliphatic carbocycles. The van der Waals surface area contributed by atoms with Crippen LogP contribution in [0, 0.1) is 11.7 Å². The molecular weight excluding hydrogens is 390 g/mol. The lowest BCUT2D eigenvalue weighted by atomic mass is 9.92. The first kappa shape index (κ1) is 19.7. The van der Waals surface area contributed by atoms with Crippen LogP contribution in [0.25, 0.3) is 0 Å². The summed E-state index contributed by atoms with van der Waals surface area (Å²) in [5.41, 5.74) is 1.73. The van der Waals surface area contributed by atoms with Crippen molar-refractivity contribution in [1.29, 1.82) is 0 Å². The summed E-state index contributed by atoms with van der Waals surface area (Å²) >= 11 is 5.97. The van der Waals surface area contributed by atoms with Gasteiger partial charge in [0.2, 0.25) is 0 Å². The maximum Gasteiger partial charge on any atom is 0.165 e. The van der Waals surface area contributed by atoms with Crippen molar-refractivity contribution in [3.05, 3.63) is 107 Å². The van der Waals surface area contributed by atoms with Crippen molar-refractivity contribution >= 4 is 11.6 Å². The van der Waals surface area contributed by atoms with Gasteiger partial charge in [0.25, 0.3) is 0 Å². The average molecular weight is 411 g/mol. The molecule has 1 fully saturated rings. The summed E-state index contributed by atoms with van der Waals surface area (Å²) < 4.78 is 34.8. The molecule has 0 amide bonds. The van der Waals surface area contributed by atoms with Crippen molar-refractivity contribution in [3.8, 4) is 11.5 Å². The third-order valence-electron chi connectivity index (χ3n) is 5.12. The van der Waals surface area contributed by atoms with Gasteiger partial charge in [-0.2, -0.15) is 0 Å². The Morgan fingerprint density at radius 3 is 2.45 bits per heavy atom. The van der Waals surface area contributed by atoms with E-state index in [1.165, 1.54) is 6.07 Å². The summed E-state index contributed by atoms with van der Waals surface area (Å²) in [4.78, 5) is 0. The second-order valence-corrected chi connectivity index (χ2v) is 7.78. The molecule has 1 aliphatic rings. The van der Waals surface area contributed by atoms with Crippen LogP contribution in [0.4, 0.5) is 8.78 Å². The number of hydrogen-bond donors (Lipinski definition) is 0. The molecule has 3 aromatic rings. The molecule has 148 valence electrons. The molecule has 1 nitrogen and oxygen atoms in total. The van der Waals surface area contributed by atoms with Gasteiger partial charge in [0.15, 0.2) is 11.6 Å². The van der Waals surface area contributed by atoms with Crippen molar-refractivity contribution in [2.75, 3.05) is 0 Å². The van der Waals surface area contributed by atoms with E-state index in [9.17, 15) is 4.39 Å². The van der Waals surface area contributed by atoms with Crippen LogP contribution in [0.3, 0.4) is 0 Å². The standard InChI is InChI=1S/C25H21ClF2O/c26-20-12-10-19(11-13-20)25(18-8-9-18)23(28)15-7-17-6-14-22(27)24(16-17)29-21-4-2-1-3-5-21/h1-6,10-16,18,25H,7-9H2/b23-15-/t25-/m0/s1. The molecule has 4 heteroatoms. The van der Waals surface area contributed by atoms with Gasteiger partial charge in [0.1, 0.15) is 11.6 Å². The lowest BCUT2D eigenvalue weighted by Crippen LogP contribution is -2.03. The molecule has 0 aliphatic heterocycles. The highest BCUT2D eigenvalue weighted by Crippen LogP contribution is 2.47. The second kappa shape index (κ2) is 8.79. The summed E-state index contributed by atoms with van der Waals surface area (Å²) in [6.45, 7) is 0. The zero-order valence-electron chi connectivity index (χ0n) is 15.8. The van der Waals surface area contributed by atoms with Gasteiger partial charge in [-0.15, -0.1) is 0 Å². The molecule has 4 rings (SSSR count). The van der Waals surface area contributed by atoms with Crippen molar-refractivity contribution in [2.24, 2.45) is 5.92 Å². The fourth-order valence-electron chi connectivity index (χ4n) is 3.47. The van der Waals surface area contributed by atoms with Crippen LogP contribution in [0.5, 0.6) is 11.5 Å². The van der Waals surface area contributed by atoms with Gasteiger partial charge in [-0.1, -0.05) is 48.0 Å². The minimum Gasteiger partial charge on any atom is -0.454 e. The van der Waals surface area contributed by atoms with Crippen LogP contribution in [-0.2, 0) is 6.42 Å². The summed E-state index contributed by atoms with van der Waals surface area (Å²) in [6, 6.07) is 21.1. The largest absolute Gasteiger partial charge is 0.454 e. The molecule has 0 N–H and O–H groups in total. The Hall–Kier alpha value is -2.65. The predicted octanol–water partition coefficient (Wildman–Crippen LogP) is 7.86. The van der Waals surface area contributed by atoms with E-state index in [-0.39, 0.29) is 17.5 Å². The van der Waals surface area contributed by atoms with E-state index >= 15 is 4.39 Å². The molecule has 29 heavy (non-hydrogen) atoms. The van der Waals surface area contributed by atoms with Gasteiger partial charge in [0.05, 0.1) is 0 Å². The molecule has 0 saturated heterocycles. The molecular formula is C25H21ClF2O. The number of halogens is 3. The van der Waals surface area contributed by atoms with Crippen molar-refractivity contribution in [3.63, 3.8) is 0 Å². The first-order valence-electron chi connectivity index (χ1n) is 9.72. The lowest BCUT2D eigenvalue weighted by Gasteiger charge is -2.15. The van der Waals surface area contributed by atoms with Crippen LogP contribution in [0.2, 0.25) is 5.02 Å². The predicted molar refractivity (Wildman–Crippen MR) is 113 cm³/mol. The molecule has 0 unspecified atom stereocenters. The molecule has 3 aromatic carbocycles. The third-order valence-corrected chi connectivity index (χ3v) is 5.37. The van der Waals surface area contributed by atoms with E-state index in [0.29, 0.717) is 23.1 Å². The van der Waals surface area contributed by atoms with Gasteiger partial charge in [-0.05, 0) is 78.8 Å². The van der Waals surface area contributed by atoms with Crippen molar-refractivity contribution < 1.29 is 13.5 Å². The second-order valence-electron chi connectivity index (χ2n) is 7.34. The van der Waals surface area contributed by atoms with E-state index in [1.54, 1.807) is 42.5 Å². The zero-order chi connectivity index (χ0) is 20.2. The molecule has 1 atom stereocenters. The van der Waals surface area contributed by atoms with Crippen LogP contribution in [-0.4, -0.2) is 0 Å². The van der Waals surface area contributed by atoms with E-state index in [2.05, 4.69) is 0 Å². The van der Waals surface area contributed by atoms with Crippen LogP contribution >= 0.6 is 11.6 Å². The molecule has 0 spiro atoms. The van der Waals surface area contributed by atoms with Crippen molar-refractivity contribution in [2.45, 2.75) is 25.2 Å². The molecule has 1 saturated carbocycles. The highest BCUT2D eigenvalue weighted by Gasteiger charge is 2.35.